The number of ether oxygens (including phenoxy) is 2. The first-order chi connectivity index (χ1) is 15.9. The number of hydrogen-bond acceptors (Lipinski definition) is 7. The lowest BCUT2D eigenvalue weighted by Gasteiger charge is -2.42. The fourth-order valence-corrected chi connectivity index (χ4v) is 5.41. The van der Waals surface area contributed by atoms with E-state index in [1.807, 2.05) is 0 Å². The van der Waals surface area contributed by atoms with Gasteiger partial charge in [0.05, 0.1) is 18.7 Å². The number of likely N-dealkylation sites (tertiary alicyclic amines) is 1. The molecule has 3 aliphatic rings. The maximum Gasteiger partial charge on any atom is 0.257 e. The van der Waals surface area contributed by atoms with E-state index in [9.17, 15) is 22.7 Å². The van der Waals surface area contributed by atoms with Gasteiger partial charge in [-0.05, 0) is 28.8 Å². The van der Waals surface area contributed by atoms with Crippen LogP contribution in [-0.2, 0) is 14.8 Å². The molecule has 11 heteroatoms. The second kappa shape index (κ2) is 8.40. The summed E-state index contributed by atoms with van der Waals surface area (Å²) in [7, 11) is -3.72. The number of nitrogens with zero attached hydrogens (tertiary/aromatic N) is 3. The van der Waals surface area contributed by atoms with Crippen LogP contribution in [0.25, 0.3) is 0 Å². The van der Waals surface area contributed by atoms with Crippen LogP contribution in [-0.4, -0.2) is 79.6 Å². The van der Waals surface area contributed by atoms with Crippen LogP contribution in [0.3, 0.4) is 0 Å². The third-order valence-corrected chi connectivity index (χ3v) is 7.83. The molecule has 4 heterocycles. The molecule has 1 amide bonds. The Morgan fingerprint density at radius 2 is 1.76 bits per heavy atom. The number of aliphatic hydroxyl groups is 1. The first-order valence-corrected chi connectivity index (χ1v) is 11.9. The molecule has 0 aliphatic carbocycles. The van der Waals surface area contributed by atoms with Gasteiger partial charge in [-0.1, -0.05) is 12.1 Å². The van der Waals surface area contributed by atoms with E-state index >= 15 is 0 Å². The molecule has 0 spiro atoms. The number of sulfonamides is 1. The lowest BCUT2D eigenvalue weighted by atomic mass is 9.92. The van der Waals surface area contributed by atoms with Crippen LogP contribution in [0.1, 0.15) is 11.5 Å². The van der Waals surface area contributed by atoms with Crippen molar-refractivity contribution < 1.29 is 32.2 Å². The second-order valence-electron chi connectivity index (χ2n) is 8.13. The molecule has 1 aromatic heterocycles. The van der Waals surface area contributed by atoms with Gasteiger partial charge in [-0.2, -0.15) is 4.31 Å². The number of fused-ring (bicyclic) bond motifs is 1. The first-order valence-electron chi connectivity index (χ1n) is 10.5. The van der Waals surface area contributed by atoms with Gasteiger partial charge in [0.25, 0.3) is 5.88 Å². The van der Waals surface area contributed by atoms with E-state index in [0.29, 0.717) is 37.6 Å². The zero-order chi connectivity index (χ0) is 23.2. The summed E-state index contributed by atoms with van der Waals surface area (Å²) in [5, 5.41) is 9.68. The number of carbonyl (C=O) groups is 1. The number of pyridine rings is 1. The molecule has 174 valence electrons. The molecule has 3 aliphatic heterocycles. The minimum atomic E-state index is -3.72. The van der Waals surface area contributed by atoms with Crippen molar-refractivity contribution in [2.45, 2.75) is 10.8 Å². The average Bonchev–Trinajstić information content (AvgIpc) is 2.75. The third-order valence-electron chi connectivity index (χ3n) is 6.07. The number of halogens is 1. The lowest BCUT2D eigenvalue weighted by Crippen LogP contribution is -2.52. The van der Waals surface area contributed by atoms with Gasteiger partial charge in [0.2, 0.25) is 15.9 Å². The predicted octanol–water partition coefficient (Wildman–Crippen LogP) is 0.911. The van der Waals surface area contributed by atoms with Crippen LogP contribution in [0.15, 0.2) is 52.6 Å². The number of benzene rings is 1. The summed E-state index contributed by atoms with van der Waals surface area (Å²) < 4.78 is 51.1. The maximum absolute atomic E-state index is 13.1. The molecular weight excluding hydrogens is 453 g/mol. The van der Waals surface area contributed by atoms with Crippen LogP contribution in [0.4, 0.5) is 4.39 Å². The van der Waals surface area contributed by atoms with Gasteiger partial charge < -0.3 is 19.5 Å². The largest absolute Gasteiger partial charge is 0.484 e. The topological polar surface area (TPSA) is 109 Å². The molecule has 33 heavy (non-hydrogen) atoms. The summed E-state index contributed by atoms with van der Waals surface area (Å²) >= 11 is 0. The molecular formula is C22H22FN3O6S. The highest BCUT2D eigenvalue weighted by atomic mass is 32.2. The van der Waals surface area contributed by atoms with Crippen molar-refractivity contribution in [2.75, 3.05) is 46.0 Å². The van der Waals surface area contributed by atoms with Crippen LogP contribution < -0.4 is 9.47 Å². The van der Waals surface area contributed by atoms with Gasteiger partial charge in [0.15, 0.2) is 5.75 Å². The number of aliphatic hydroxyl groups excluding tert-OH is 1. The van der Waals surface area contributed by atoms with E-state index in [0.717, 1.165) is 11.1 Å². The Balaban J connectivity index is 1.21. The van der Waals surface area contributed by atoms with Gasteiger partial charge >= 0.3 is 0 Å². The highest BCUT2D eigenvalue weighted by Crippen LogP contribution is 2.34. The van der Waals surface area contributed by atoms with Crippen LogP contribution in [0.5, 0.6) is 11.6 Å². The quantitative estimate of drug-likeness (QED) is 0.641. The molecule has 1 unspecified atom stereocenters. The molecule has 0 bridgehead atoms. The zero-order valence-electron chi connectivity index (χ0n) is 17.6. The van der Waals surface area contributed by atoms with Crippen LogP contribution in [0, 0.1) is 5.82 Å². The zero-order valence-corrected chi connectivity index (χ0v) is 18.4. The average molecular weight is 475 g/mol. The molecule has 2 fully saturated rings. The molecule has 2 saturated heterocycles. The predicted molar refractivity (Wildman–Crippen MR) is 114 cm³/mol. The molecule has 1 N–H and O–H groups in total. The van der Waals surface area contributed by atoms with Crippen LogP contribution >= 0.6 is 0 Å². The van der Waals surface area contributed by atoms with Gasteiger partial charge in [0, 0.05) is 32.2 Å². The fraction of sp³-hybridized carbons (Fsp3) is 0.364. The minimum Gasteiger partial charge on any atom is -0.484 e. The summed E-state index contributed by atoms with van der Waals surface area (Å²) in [6.07, 6.45) is 1.27. The Labute approximate surface area is 190 Å². The lowest BCUT2D eigenvalue weighted by molar-refractivity contribution is -0.135. The summed E-state index contributed by atoms with van der Waals surface area (Å²) in [4.78, 5) is 18.5. The van der Waals surface area contributed by atoms with Crippen molar-refractivity contribution >= 4 is 15.9 Å². The number of amides is 1. The standard InChI is InChI=1S/C22H22FN3O6S/c23-17-3-1-14(2-4-17)19(13-27)22(28)25-9-15(10-25)16-11-26(12-16)33(29,30)18-7-20-21(24-8-18)32-6-5-31-20/h1-4,7-8,19,27H,5-6,9-13H2. The summed E-state index contributed by atoms with van der Waals surface area (Å²) in [6.45, 7) is 1.65. The molecule has 1 aromatic carbocycles. The highest BCUT2D eigenvalue weighted by Gasteiger charge is 2.39. The van der Waals surface area contributed by atoms with Crippen molar-refractivity contribution in [1.29, 1.82) is 0 Å². The Morgan fingerprint density at radius 3 is 2.45 bits per heavy atom. The summed E-state index contributed by atoms with van der Waals surface area (Å²) in [5.41, 5.74) is 2.56. The van der Waals surface area contributed by atoms with E-state index in [1.165, 1.54) is 40.8 Å². The van der Waals surface area contributed by atoms with Crippen LogP contribution in [0.2, 0.25) is 0 Å². The monoisotopic (exact) mass is 475 g/mol. The summed E-state index contributed by atoms with van der Waals surface area (Å²) in [6, 6.07) is 6.93. The SMILES string of the molecule is O=C(C(CO)c1ccc(F)cc1)N1CC(=C2CN(S(=O)(=O)c3cnc4c(c3)OCCO4)C2)C1. The van der Waals surface area contributed by atoms with E-state index in [4.69, 9.17) is 9.47 Å². The maximum atomic E-state index is 13.1. The summed E-state index contributed by atoms with van der Waals surface area (Å²) in [5.74, 6) is -0.796. The fourth-order valence-electron chi connectivity index (χ4n) is 4.01. The Hall–Kier alpha value is -3.02. The van der Waals surface area contributed by atoms with Crippen molar-refractivity contribution in [3.05, 3.63) is 59.1 Å². The Morgan fingerprint density at radius 1 is 1.09 bits per heavy atom. The molecule has 0 saturated carbocycles. The Bertz CT molecular complexity index is 1220. The second-order valence-corrected chi connectivity index (χ2v) is 10.1. The van der Waals surface area contributed by atoms with Gasteiger partial charge in [-0.25, -0.2) is 17.8 Å². The minimum absolute atomic E-state index is 0.0475. The van der Waals surface area contributed by atoms with Crippen molar-refractivity contribution in [3.63, 3.8) is 0 Å². The van der Waals surface area contributed by atoms with E-state index in [-0.39, 0.29) is 36.4 Å². The smallest absolute Gasteiger partial charge is 0.257 e. The molecule has 9 nitrogen and oxygen atoms in total. The van der Waals surface area contributed by atoms with Crippen molar-refractivity contribution in [1.82, 2.24) is 14.2 Å². The Kier molecular flexibility index (Phi) is 5.55. The highest BCUT2D eigenvalue weighted by molar-refractivity contribution is 7.89. The van der Waals surface area contributed by atoms with Gasteiger partial charge in [-0.15, -0.1) is 0 Å². The van der Waals surface area contributed by atoms with Gasteiger partial charge in [-0.3, -0.25) is 4.79 Å². The molecule has 5 rings (SSSR count). The normalized spacial score (nSPS) is 19.0. The third kappa shape index (κ3) is 3.96. The molecule has 0 radical (unpaired) electrons. The number of rotatable bonds is 5. The number of carbonyl (C=O) groups excluding carboxylic acids is 1. The van der Waals surface area contributed by atoms with Crippen molar-refractivity contribution in [3.8, 4) is 11.6 Å². The van der Waals surface area contributed by atoms with E-state index < -0.39 is 21.8 Å². The molecule has 2 aromatic rings. The number of aromatic nitrogens is 1. The number of hydrogen-bond donors (Lipinski definition) is 1. The first kappa shape index (κ1) is 21.8. The molecule has 1 atom stereocenters. The van der Waals surface area contributed by atoms with E-state index in [1.54, 1.807) is 4.90 Å². The van der Waals surface area contributed by atoms with E-state index in [2.05, 4.69) is 4.98 Å². The van der Waals surface area contributed by atoms with Crippen molar-refractivity contribution in [2.24, 2.45) is 0 Å². The van der Waals surface area contributed by atoms with Gasteiger partial charge in [0.1, 0.15) is 23.9 Å².